The molecule has 1 saturated heterocycles. The van der Waals surface area contributed by atoms with Crippen molar-refractivity contribution >= 4 is 19.7 Å². The molecule has 0 saturated carbocycles. The average Bonchev–Trinajstić information content (AvgIpc) is 2.31. The summed E-state index contributed by atoms with van der Waals surface area (Å²) in [5.74, 6) is 0. The molecule has 1 heterocycles. The monoisotopic (exact) mass is 289 g/mol. The summed E-state index contributed by atoms with van der Waals surface area (Å²) in [4.78, 5) is 2.38. The number of hydrogen-bond acceptors (Lipinski definition) is 4. The number of halogens is 1. The zero-order chi connectivity index (χ0) is 13.2. The minimum absolute atomic E-state index is 0.218. The Morgan fingerprint density at radius 3 is 2.61 bits per heavy atom. The molecular formula is C12H16ClNO3S. The van der Waals surface area contributed by atoms with Gasteiger partial charge in [0.05, 0.1) is 18.1 Å². The van der Waals surface area contributed by atoms with Gasteiger partial charge in [0.15, 0.2) is 0 Å². The Balaban J connectivity index is 2.26. The minimum atomic E-state index is -3.69. The summed E-state index contributed by atoms with van der Waals surface area (Å²) < 4.78 is 28.4. The number of nitrogens with zero attached hydrogens (tertiary/aromatic N) is 1. The third kappa shape index (κ3) is 3.45. The van der Waals surface area contributed by atoms with Crippen LogP contribution >= 0.6 is 10.7 Å². The van der Waals surface area contributed by atoms with Crippen molar-refractivity contribution in [3.63, 3.8) is 0 Å². The molecule has 0 spiro atoms. The van der Waals surface area contributed by atoms with Crippen LogP contribution in [0, 0.1) is 6.92 Å². The molecule has 0 radical (unpaired) electrons. The Morgan fingerprint density at radius 2 is 2.00 bits per heavy atom. The lowest BCUT2D eigenvalue weighted by Gasteiger charge is -2.27. The van der Waals surface area contributed by atoms with Gasteiger partial charge in [0.25, 0.3) is 9.05 Å². The molecule has 4 nitrogen and oxygen atoms in total. The van der Waals surface area contributed by atoms with Gasteiger partial charge in [-0.05, 0) is 24.1 Å². The van der Waals surface area contributed by atoms with Crippen LogP contribution in [0.3, 0.4) is 0 Å². The smallest absolute Gasteiger partial charge is 0.261 e. The van der Waals surface area contributed by atoms with Crippen molar-refractivity contribution in [2.45, 2.75) is 18.4 Å². The van der Waals surface area contributed by atoms with Crippen molar-refractivity contribution in [1.29, 1.82) is 0 Å². The van der Waals surface area contributed by atoms with Crippen molar-refractivity contribution in [2.24, 2.45) is 0 Å². The van der Waals surface area contributed by atoms with E-state index in [1.165, 1.54) is 0 Å². The van der Waals surface area contributed by atoms with Gasteiger partial charge in [-0.25, -0.2) is 8.42 Å². The summed E-state index contributed by atoms with van der Waals surface area (Å²) in [7, 11) is 1.79. The molecule has 1 aromatic carbocycles. The van der Waals surface area contributed by atoms with Gasteiger partial charge in [-0.2, -0.15) is 0 Å². The Labute approximate surface area is 112 Å². The molecule has 0 amide bonds. The highest BCUT2D eigenvalue weighted by Crippen LogP contribution is 2.23. The summed E-state index contributed by atoms with van der Waals surface area (Å²) in [5, 5.41) is 0. The maximum absolute atomic E-state index is 11.6. The Hall–Kier alpha value is -0.620. The molecule has 100 valence electrons. The van der Waals surface area contributed by atoms with Crippen LogP contribution in [0.2, 0.25) is 0 Å². The summed E-state index contributed by atoms with van der Waals surface area (Å²) in [5.41, 5.74) is 1.64. The molecule has 0 aliphatic carbocycles. The third-order valence-corrected chi connectivity index (χ3v) is 4.39. The quantitative estimate of drug-likeness (QED) is 0.796. The molecule has 0 N–H and O–H groups in total. The molecule has 1 aromatic rings. The summed E-state index contributed by atoms with van der Waals surface area (Å²) in [6, 6.07) is 5.36. The number of morpholine rings is 1. The van der Waals surface area contributed by atoms with E-state index in [2.05, 4.69) is 4.90 Å². The van der Waals surface area contributed by atoms with Crippen LogP contribution in [-0.4, -0.2) is 39.6 Å². The molecule has 6 heteroatoms. The molecular weight excluding hydrogens is 274 g/mol. The van der Waals surface area contributed by atoms with E-state index in [-0.39, 0.29) is 4.90 Å². The fraction of sp³-hybridized carbons (Fsp3) is 0.500. The van der Waals surface area contributed by atoms with E-state index in [9.17, 15) is 8.42 Å². The van der Waals surface area contributed by atoms with E-state index in [1.807, 2.05) is 19.1 Å². The van der Waals surface area contributed by atoms with E-state index in [0.717, 1.165) is 24.2 Å². The Bertz CT molecular complexity index is 524. The standard InChI is InChI=1S/C12H16ClNO3S/c1-10-2-3-11(12(8-10)18(13,15)16)9-14-4-6-17-7-5-14/h2-3,8H,4-7,9H2,1H3. The molecule has 2 rings (SSSR count). The summed E-state index contributed by atoms with van der Waals surface area (Å²) >= 11 is 0. The fourth-order valence-electron chi connectivity index (χ4n) is 2.02. The molecule has 0 aromatic heterocycles. The van der Waals surface area contributed by atoms with Crippen LogP contribution in [0.1, 0.15) is 11.1 Å². The minimum Gasteiger partial charge on any atom is -0.379 e. The molecule has 18 heavy (non-hydrogen) atoms. The second-order valence-electron chi connectivity index (χ2n) is 4.44. The lowest BCUT2D eigenvalue weighted by molar-refractivity contribution is 0.0338. The normalized spacial score (nSPS) is 17.9. The highest BCUT2D eigenvalue weighted by Gasteiger charge is 2.19. The zero-order valence-corrected chi connectivity index (χ0v) is 11.8. The summed E-state index contributed by atoms with van der Waals surface area (Å²) in [6.07, 6.45) is 0. The number of ether oxygens (including phenoxy) is 1. The van der Waals surface area contributed by atoms with E-state index >= 15 is 0 Å². The van der Waals surface area contributed by atoms with Crippen molar-refractivity contribution in [3.05, 3.63) is 29.3 Å². The van der Waals surface area contributed by atoms with Gasteiger partial charge in [0, 0.05) is 30.3 Å². The number of aryl methyl sites for hydroxylation is 1. The van der Waals surface area contributed by atoms with Gasteiger partial charge in [-0.3, -0.25) is 4.90 Å². The van der Waals surface area contributed by atoms with Gasteiger partial charge in [0.2, 0.25) is 0 Å². The van der Waals surface area contributed by atoms with Crippen molar-refractivity contribution in [2.75, 3.05) is 26.3 Å². The van der Waals surface area contributed by atoms with Gasteiger partial charge in [0.1, 0.15) is 0 Å². The number of rotatable bonds is 3. The van der Waals surface area contributed by atoms with Crippen LogP contribution in [0.25, 0.3) is 0 Å². The van der Waals surface area contributed by atoms with Crippen LogP contribution in [0.15, 0.2) is 23.1 Å². The van der Waals surface area contributed by atoms with E-state index in [0.29, 0.717) is 19.8 Å². The van der Waals surface area contributed by atoms with Crippen molar-refractivity contribution in [1.82, 2.24) is 4.90 Å². The highest BCUT2D eigenvalue weighted by atomic mass is 35.7. The first-order valence-corrected chi connectivity index (χ1v) is 8.12. The SMILES string of the molecule is Cc1ccc(CN2CCOCC2)c(S(=O)(=O)Cl)c1. The topological polar surface area (TPSA) is 46.6 Å². The van der Waals surface area contributed by atoms with Crippen LogP contribution in [0.4, 0.5) is 0 Å². The first-order valence-electron chi connectivity index (χ1n) is 5.81. The van der Waals surface area contributed by atoms with Gasteiger partial charge >= 0.3 is 0 Å². The number of benzene rings is 1. The first-order chi connectivity index (χ1) is 8.47. The maximum atomic E-state index is 11.6. The largest absolute Gasteiger partial charge is 0.379 e. The Morgan fingerprint density at radius 1 is 1.33 bits per heavy atom. The lowest BCUT2D eigenvalue weighted by atomic mass is 10.1. The zero-order valence-electron chi connectivity index (χ0n) is 10.2. The van der Waals surface area contributed by atoms with Gasteiger partial charge in [-0.1, -0.05) is 12.1 Å². The molecule has 0 bridgehead atoms. The molecule has 0 atom stereocenters. The second kappa shape index (κ2) is 5.57. The highest BCUT2D eigenvalue weighted by molar-refractivity contribution is 8.13. The molecule has 1 fully saturated rings. The molecule has 0 unspecified atom stereocenters. The van der Waals surface area contributed by atoms with E-state index in [1.54, 1.807) is 6.07 Å². The van der Waals surface area contributed by atoms with E-state index in [4.69, 9.17) is 15.4 Å². The van der Waals surface area contributed by atoms with Crippen LogP contribution in [0.5, 0.6) is 0 Å². The number of hydrogen-bond donors (Lipinski definition) is 0. The molecule has 1 aliphatic rings. The second-order valence-corrected chi connectivity index (χ2v) is 6.97. The van der Waals surface area contributed by atoms with Crippen molar-refractivity contribution in [3.8, 4) is 0 Å². The predicted molar refractivity (Wildman–Crippen MR) is 70.3 cm³/mol. The summed E-state index contributed by atoms with van der Waals surface area (Å²) in [6.45, 7) is 5.45. The predicted octanol–water partition coefficient (Wildman–Crippen LogP) is 1.75. The fourth-order valence-corrected chi connectivity index (χ4v) is 3.22. The first kappa shape index (κ1) is 13.8. The maximum Gasteiger partial charge on any atom is 0.261 e. The van der Waals surface area contributed by atoms with E-state index < -0.39 is 9.05 Å². The van der Waals surface area contributed by atoms with Crippen molar-refractivity contribution < 1.29 is 13.2 Å². The van der Waals surface area contributed by atoms with Gasteiger partial charge in [-0.15, -0.1) is 0 Å². The molecule has 1 aliphatic heterocycles. The third-order valence-electron chi connectivity index (χ3n) is 2.98. The Kier molecular flexibility index (Phi) is 4.27. The lowest BCUT2D eigenvalue weighted by Crippen LogP contribution is -2.35. The van der Waals surface area contributed by atoms with Gasteiger partial charge < -0.3 is 4.74 Å². The van der Waals surface area contributed by atoms with Crippen LogP contribution < -0.4 is 0 Å². The van der Waals surface area contributed by atoms with Crippen LogP contribution in [-0.2, 0) is 20.3 Å². The average molecular weight is 290 g/mol.